The minimum Gasteiger partial charge on any atom is -0.480 e. The van der Waals surface area contributed by atoms with Gasteiger partial charge in [0.15, 0.2) is 0 Å². The van der Waals surface area contributed by atoms with Crippen molar-refractivity contribution in [2.24, 2.45) is 0 Å². The maximum atomic E-state index is 11.7. The third-order valence-corrected chi connectivity index (χ3v) is 3.62. The molecule has 0 saturated carbocycles. The Morgan fingerprint density at radius 2 is 1.03 bits per heavy atom. The van der Waals surface area contributed by atoms with E-state index in [-0.39, 0.29) is 98.0 Å². The van der Waals surface area contributed by atoms with Crippen molar-refractivity contribution in [3.05, 3.63) is 0 Å². The summed E-state index contributed by atoms with van der Waals surface area (Å²) in [6.45, 7) is 1.26. The number of aliphatic carboxylic acids is 3. The maximum Gasteiger partial charge on any atom is 3.00 e. The van der Waals surface area contributed by atoms with Crippen LogP contribution in [0.4, 0.5) is 0 Å². The van der Waals surface area contributed by atoms with Crippen molar-refractivity contribution in [3.8, 4) is 0 Å². The van der Waals surface area contributed by atoms with Crippen LogP contribution in [0.1, 0.15) is 34.1 Å². The number of hydrogen-bond donors (Lipinski definition) is 3. The van der Waals surface area contributed by atoms with Gasteiger partial charge in [0, 0.05) is 25.9 Å². The molecule has 0 rings (SSSR count). The van der Waals surface area contributed by atoms with Crippen LogP contribution in [0.15, 0.2) is 0 Å². The number of carboxylic acids is 3. The summed E-state index contributed by atoms with van der Waals surface area (Å²) in [6.07, 6.45) is 0.387. The molecule has 0 aromatic carbocycles. The molecule has 0 aliphatic rings. The van der Waals surface area contributed by atoms with Gasteiger partial charge in [-0.25, -0.2) is 10.0 Å². The Bertz CT molecular complexity index is 559. The molecule has 0 fully saturated rings. The van der Waals surface area contributed by atoms with Gasteiger partial charge in [0.1, 0.15) is 24.7 Å². The largest absolute Gasteiger partial charge is 3.00 e. The summed E-state index contributed by atoms with van der Waals surface area (Å²) in [5.41, 5.74) is 0. The zero-order valence-corrected chi connectivity index (χ0v) is 18.2. The quantitative estimate of drug-likeness (QED) is 0.212. The molecule has 0 heterocycles. The van der Waals surface area contributed by atoms with Gasteiger partial charge >= 0.3 is 57.8 Å². The van der Waals surface area contributed by atoms with Gasteiger partial charge in [-0.2, -0.15) is 0 Å². The summed E-state index contributed by atoms with van der Waals surface area (Å²) in [4.78, 5) is 57.9. The topological polar surface area (TPSA) is 156 Å². The molecule has 0 spiro atoms. The summed E-state index contributed by atoms with van der Waals surface area (Å²) in [6, 6.07) is 0. The Labute approximate surface area is 202 Å². The summed E-state index contributed by atoms with van der Waals surface area (Å²) in [7, 11) is 0. The molecule has 1 radical (unpaired) electrons. The number of nitrogens with zero attached hydrogens (tertiary/aromatic N) is 3. The van der Waals surface area contributed by atoms with E-state index in [2.05, 4.69) is 0 Å². The van der Waals surface area contributed by atoms with Crippen LogP contribution in [-0.4, -0.2) is 106 Å². The van der Waals surface area contributed by atoms with Crippen molar-refractivity contribution < 1.29 is 79.2 Å². The molecule has 12 heteroatoms. The predicted molar refractivity (Wildman–Crippen MR) is 99.8 cm³/mol. The molecule has 0 amide bonds. The Kier molecular flexibility index (Phi) is 20.0. The fourth-order valence-electron chi connectivity index (χ4n) is 2.23. The van der Waals surface area contributed by atoms with Gasteiger partial charge in [-0.1, -0.05) is 21.3 Å². The second-order valence-electron chi connectivity index (χ2n) is 5.89. The average molecular weight is 563 g/mol. The molecular weight excluding hydrogens is 531 g/mol. The van der Waals surface area contributed by atoms with E-state index >= 15 is 0 Å². The fraction of sp³-hybridized carbons (Fsp3) is 0.706. The molecule has 3 N–H and O–H groups in total. The van der Waals surface area contributed by atoms with E-state index in [9.17, 15) is 24.0 Å². The minimum atomic E-state index is -1.24. The van der Waals surface area contributed by atoms with Crippen molar-refractivity contribution in [2.45, 2.75) is 34.1 Å². The number of hydrazine groups is 1. The molecule has 167 valence electrons. The van der Waals surface area contributed by atoms with Gasteiger partial charge in [-0.3, -0.25) is 28.9 Å². The molecule has 0 saturated heterocycles. The second kappa shape index (κ2) is 17.8. The van der Waals surface area contributed by atoms with E-state index in [0.717, 1.165) is 5.01 Å². The Balaban J connectivity index is -0.00000338. The number of carboxylic acid groups (broad SMARTS) is 3. The molecule has 0 atom stereocenters. The van der Waals surface area contributed by atoms with Crippen LogP contribution in [0.5, 0.6) is 0 Å². The zero-order valence-electron chi connectivity index (χ0n) is 15.9. The van der Waals surface area contributed by atoms with Crippen LogP contribution >= 0.6 is 0 Å². The first-order valence-corrected chi connectivity index (χ1v) is 8.49. The van der Waals surface area contributed by atoms with Gasteiger partial charge in [0.05, 0.1) is 19.6 Å². The van der Waals surface area contributed by atoms with Crippen LogP contribution in [0.25, 0.3) is 0 Å². The van der Waals surface area contributed by atoms with Crippen molar-refractivity contribution >= 4 is 29.5 Å². The minimum absolute atomic E-state index is 0. The summed E-state index contributed by atoms with van der Waals surface area (Å²) >= 11 is 0. The molecule has 0 bridgehead atoms. The van der Waals surface area contributed by atoms with E-state index in [1.165, 1.54) is 9.91 Å². The monoisotopic (exact) mass is 563 g/mol. The normalized spacial score (nSPS) is 10.4. The first-order valence-electron chi connectivity index (χ1n) is 8.49. The summed E-state index contributed by atoms with van der Waals surface area (Å²) < 4.78 is 0. The number of carbonyl (C=O) groups excluding carboxylic acids is 2. The van der Waals surface area contributed by atoms with E-state index in [0.29, 0.717) is 0 Å². The van der Waals surface area contributed by atoms with Gasteiger partial charge in [-0.05, 0) is 0 Å². The zero-order chi connectivity index (χ0) is 21.0. The fourth-order valence-corrected chi connectivity index (χ4v) is 2.23. The number of carbonyl (C=O) groups is 5. The van der Waals surface area contributed by atoms with Crippen LogP contribution in [0.3, 0.4) is 0 Å². The van der Waals surface area contributed by atoms with Gasteiger partial charge in [-0.15, -0.1) is 0 Å². The Morgan fingerprint density at radius 1 is 0.621 bits per heavy atom. The third-order valence-electron chi connectivity index (χ3n) is 3.62. The standard InChI is InChI=1S/C16H27N3O8.CH4.Gd/c1-3-12(20)7-17(9-14(22)23)5-6-18(10-15(24)25)19(11-16(26)27)8-13(21)4-2;;/h3-11H2,1-2H3,(H,22,23)(H,24,25)(H,26,27);1H4;/q;;+3. The van der Waals surface area contributed by atoms with Gasteiger partial charge in [0.2, 0.25) is 0 Å². The van der Waals surface area contributed by atoms with Crippen molar-refractivity contribution in [1.29, 1.82) is 0 Å². The van der Waals surface area contributed by atoms with E-state index in [1.54, 1.807) is 13.8 Å². The first kappa shape index (κ1) is 32.6. The van der Waals surface area contributed by atoms with E-state index in [1.807, 2.05) is 0 Å². The molecule has 0 aliphatic carbocycles. The smallest absolute Gasteiger partial charge is 0.480 e. The van der Waals surface area contributed by atoms with Crippen molar-refractivity contribution in [2.75, 3.05) is 45.8 Å². The van der Waals surface area contributed by atoms with Crippen molar-refractivity contribution in [1.82, 2.24) is 14.9 Å². The predicted octanol–water partition coefficient (Wildman–Crippen LogP) is -0.344. The van der Waals surface area contributed by atoms with E-state index < -0.39 is 37.5 Å². The summed E-state index contributed by atoms with van der Waals surface area (Å²) in [5.74, 6) is -4.06. The number of hydrogen-bond acceptors (Lipinski definition) is 8. The number of rotatable bonds is 16. The van der Waals surface area contributed by atoms with Crippen LogP contribution in [0.2, 0.25) is 0 Å². The van der Waals surface area contributed by atoms with Crippen molar-refractivity contribution in [3.63, 3.8) is 0 Å². The van der Waals surface area contributed by atoms with Crippen LogP contribution in [0, 0.1) is 39.9 Å². The summed E-state index contributed by atoms with van der Waals surface area (Å²) in [5, 5.41) is 29.4. The third kappa shape index (κ3) is 16.4. The first-order chi connectivity index (χ1) is 12.6. The van der Waals surface area contributed by atoms with Gasteiger partial charge in [0.25, 0.3) is 0 Å². The van der Waals surface area contributed by atoms with Gasteiger partial charge < -0.3 is 15.3 Å². The molecule has 0 unspecified atom stereocenters. The molecule has 29 heavy (non-hydrogen) atoms. The maximum absolute atomic E-state index is 11.7. The van der Waals surface area contributed by atoms with Crippen LogP contribution < -0.4 is 0 Å². The molecule has 0 aromatic heterocycles. The second-order valence-corrected chi connectivity index (χ2v) is 5.89. The SMILES string of the molecule is C.CCC(=O)CN(CCN(CC(=O)O)N(CC(=O)O)CC(=O)CC)CC(=O)O.[Gd+3]. The number of ketones is 2. The Morgan fingerprint density at radius 3 is 1.45 bits per heavy atom. The number of Topliss-reactive ketones (excluding diaryl/α,β-unsaturated/α-hetero) is 2. The molecular formula is C17H31GdN3O8+3. The average Bonchev–Trinajstić information content (AvgIpc) is 2.56. The molecule has 11 nitrogen and oxygen atoms in total. The van der Waals surface area contributed by atoms with Crippen LogP contribution in [-0.2, 0) is 24.0 Å². The molecule has 0 aliphatic heterocycles. The Hall–Kier alpha value is -1.05. The molecule has 0 aromatic rings. The van der Waals surface area contributed by atoms with E-state index in [4.69, 9.17) is 15.3 Å².